The molecule has 0 radical (unpaired) electrons. The zero-order valence-corrected chi connectivity index (χ0v) is 11.7. The van der Waals surface area contributed by atoms with Crippen LogP contribution in [0.2, 0.25) is 0 Å². The SMILES string of the molecule is CCNc1ncc([N+](=O)[O-])c(-n2cnc3c2CCCC3)n1. The summed E-state index contributed by atoms with van der Waals surface area (Å²) in [6, 6.07) is 0. The predicted octanol–water partition coefficient (Wildman–Crippen LogP) is 1.88. The van der Waals surface area contributed by atoms with Crippen LogP contribution in [0.1, 0.15) is 31.2 Å². The van der Waals surface area contributed by atoms with Crippen LogP contribution in [0.25, 0.3) is 5.82 Å². The van der Waals surface area contributed by atoms with Crippen molar-refractivity contribution in [1.29, 1.82) is 0 Å². The van der Waals surface area contributed by atoms with Crippen molar-refractivity contribution < 1.29 is 4.92 Å². The van der Waals surface area contributed by atoms with E-state index in [4.69, 9.17) is 0 Å². The van der Waals surface area contributed by atoms with E-state index in [0.29, 0.717) is 12.5 Å². The Bertz CT molecular complexity index is 681. The number of hydrogen-bond donors (Lipinski definition) is 1. The highest BCUT2D eigenvalue weighted by molar-refractivity contribution is 5.50. The maximum atomic E-state index is 11.2. The second-order valence-corrected chi connectivity index (χ2v) is 4.90. The third-order valence-electron chi connectivity index (χ3n) is 3.54. The smallest absolute Gasteiger partial charge is 0.330 e. The molecule has 1 aliphatic carbocycles. The van der Waals surface area contributed by atoms with Crippen molar-refractivity contribution in [2.45, 2.75) is 32.6 Å². The topological polar surface area (TPSA) is 98.8 Å². The van der Waals surface area contributed by atoms with Gasteiger partial charge in [0, 0.05) is 12.2 Å². The predicted molar refractivity (Wildman–Crippen MR) is 76.6 cm³/mol. The van der Waals surface area contributed by atoms with Crippen LogP contribution in [-0.4, -0.2) is 31.0 Å². The summed E-state index contributed by atoms with van der Waals surface area (Å²) in [5.41, 5.74) is 1.92. The van der Waals surface area contributed by atoms with Gasteiger partial charge in [0.25, 0.3) is 0 Å². The van der Waals surface area contributed by atoms with E-state index in [1.165, 1.54) is 6.20 Å². The van der Waals surface area contributed by atoms with Crippen molar-refractivity contribution in [1.82, 2.24) is 19.5 Å². The van der Waals surface area contributed by atoms with Crippen molar-refractivity contribution >= 4 is 11.6 Å². The monoisotopic (exact) mass is 288 g/mol. The lowest BCUT2D eigenvalue weighted by molar-refractivity contribution is -0.385. The zero-order valence-electron chi connectivity index (χ0n) is 11.7. The summed E-state index contributed by atoms with van der Waals surface area (Å²) in [6.07, 6.45) is 6.83. The largest absolute Gasteiger partial charge is 0.354 e. The molecule has 0 aliphatic heterocycles. The lowest BCUT2D eigenvalue weighted by Crippen LogP contribution is -2.12. The Kier molecular flexibility index (Phi) is 3.51. The molecule has 0 atom stereocenters. The molecule has 0 unspecified atom stereocenters. The van der Waals surface area contributed by atoms with Gasteiger partial charge in [-0.15, -0.1) is 0 Å². The first kappa shape index (κ1) is 13.5. The van der Waals surface area contributed by atoms with Crippen molar-refractivity contribution in [3.05, 3.63) is 34.0 Å². The van der Waals surface area contributed by atoms with Crippen LogP contribution >= 0.6 is 0 Å². The summed E-state index contributed by atoms with van der Waals surface area (Å²) in [5.74, 6) is 0.665. The van der Waals surface area contributed by atoms with Gasteiger partial charge >= 0.3 is 5.69 Å². The Labute approximate surface area is 121 Å². The molecule has 0 saturated heterocycles. The highest BCUT2D eigenvalue weighted by atomic mass is 16.6. The lowest BCUT2D eigenvalue weighted by Gasteiger charge is -2.13. The summed E-state index contributed by atoms with van der Waals surface area (Å²) < 4.78 is 1.73. The molecule has 2 aromatic heterocycles. The maximum Gasteiger partial charge on any atom is 0.330 e. The van der Waals surface area contributed by atoms with Gasteiger partial charge in [-0.25, -0.2) is 9.97 Å². The first-order chi connectivity index (χ1) is 10.2. The summed E-state index contributed by atoms with van der Waals surface area (Å²) in [7, 11) is 0. The first-order valence-corrected chi connectivity index (χ1v) is 7.01. The molecule has 3 rings (SSSR count). The van der Waals surface area contributed by atoms with Gasteiger partial charge in [0.1, 0.15) is 12.5 Å². The number of fused-ring (bicyclic) bond motifs is 1. The number of aryl methyl sites for hydroxylation is 1. The second kappa shape index (κ2) is 5.47. The Morgan fingerprint density at radius 2 is 2.19 bits per heavy atom. The van der Waals surface area contributed by atoms with E-state index in [0.717, 1.165) is 37.1 Å². The molecule has 1 N–H and O–H groups in total. The third-order valence-corrected chi connectivity index (χ3v) is 3.54. The minimum Gasteiger partial charge on any atom is -0.354 e. The van der Waals surface area contributed by atoms with Crippen molar-refractivity contribution in [3.63, 3.8) is 0 Å². The van der Waals surface area contributed by atoms with Gasteiger partial charge < -0.3 is 5.32 Å². The quantitative estimate of drug-likeness (QED) is 0.681. The van der Waals surface area contributed by atoms with Crippen LogP contribution < -0.4 is 5.32 Å². The number of hydrogen-bond acceptors (Lipinski definition) is 6. The number of anilines is 1. The number of imidazole rings is 1. The van der Waals surface area contributed by atoms with Crippen LogP contribution in [0.3, 0.4) is 0 Å². The molecular formula is C13H16N6O2. The molecule has 2 heterocycles. The molecule has 8 nitrogen and oxygen atoms in total. The maximum absolute atomic E-state index is 11.2. The van der Waals surface area contributed by atoms with E-state index < -0.39 is 4.92 Å². The van der Waals surface area contributed by atoms with E-state index in [9.17, 15) is 10.1 Å². The van der Waals surface area contributed by atoms with Crippen LogP contribution in [0.5, 0.6) is 0 Å². The zero-order chi connectivity index (χ0) is 14.8. The summed E-state index contributed by atoms with van der Waals surface area (Å²) in [5, 5.41) is 14.2. The summed E-state index contributed by atoms with van der Waals surface area (Å²) in [4.78, 5) is 23.4. The normalized spacial score (nSPS) is 13.8. The van der Waals surface area contributed by atoms with E-state index >= 15 is 0 Å². The number of aromatic nitrogens is 4. The number of nitro groups is 1. The molecule has 0 aromatic carbocycles. The Morgan fingerprint density at radius 3 is 2.95 bits per heavy atom. The van der Waals surface area contributed by atoms with Crippen molar-refractivity contribution in [2.75, 3.05) is 11.9 Å². The van der Waals surface area contributed by atoms with Gasteiger partial charge in [-0.2, -0.15) is 4.98 Å². The molecule has 0 bridgehead atoms. The minimum atomic E-state index is -0.458. The van der Waals surface area contributed by atoms with Crippen LogP contribution in [0, 0.1) is 10.1 Å². The van der Waals surface area contributed by atoms with E-state index in [-0.39, 0.29) is 11.5 Å². The standard InChI is InChI=1S/C13H16N6O2/c1-2-14-13-15-7-11(19(20)21)12(17-13)18-8-16-9-5-3-4-6-10(9)18/h7-8H,2-6H2,1H3,(H,14,15,17). The molecule has 0 spiro atoms. The number of rotatable bonds is 4. The first-order valence-electron chi connectivity index (χ1n) is 7.01. The fourth-order valence-corrected chi connectivity index (χ4v) is 2.57. The minimum absolute atomic E-state index is 0.109. The Balaban J connectivity index is 2.13. The fourth-order valence-electron chi connectivity index (χ4n) is 2.57. The van der Waals surface area contributed by atoms with Crippen molar-refractivity contribution in [2.24, 2.45) is 0 Å². The van der Waals surface area contributed by atoms with Gasteiger partial charge in [0.15, 0.2) is 0 Å². The van der Waals surface area contributed by atoms with Crippen LogP contribution in [-0.2, 0) is 12.8 Å². The molecular weight excluding hydrogens is 272 g/mol. The van der Waals surface area contributed by atoms with Crippen LogP contribution in [0.15, 0.2) is 12.5 Å². The third kappa shape index (κ3) is 2.44. The highest BCUT2D eigenvalue weighted by Gasteiger charge is 2.24. The number of nitrogens with one attached hydrogen (secondary N) is 1. The molecule has 8 heteroatoms. The number of nitrogens with zero attached hydrogens (tertiary/aromatic N) is 5. The molecule has 110 valence electrons. The molecule has 21 heavy (non-hydrogen) atoms. The van der Waals surface area contributed by atoms with Gasteiger partial charge in [-0.05, 0) is 32.6 Å². The Morgan fingerprint density at radius 1 is 1.38 bits per heavy atom. The van der Waals surface area contributed by atoms with E-state index in [1.807, 2.05) is 6.92 Å². The van der Waals surface area contributed by atoms with Gasteiger partial charge in [-0.3, -0.25) is 14.7 Å². The van der Waals surface area contributed by atoms with E-state index in [2.05, 4.69) is 20.3 Å². The molecule has 0 fully saturated rings. The van der Waals surface area contributed by atoms with E-state index in [1.54, 1.807) is 10.9 Å². The molecule has 2 aromatic rings. The Hall–Kier alpha value is -2.51. The second-order valence-electron chi connectivity index (χ2n) is 4.90. The fraction of sp³-hybridized carbons (Fsp3) is 0.462. The van der Waals surface area contributed by atoms with Gasteiger partial charge in [0.05, 0.1) is 10.6 Å². The summed E-state index contributed by atoms with van der Waals surface area (Å²) >= 11 is 0. The molecule has 1 aliphatic rings. The average molecular weight is 288 g/mol. The highest BCUT2D eigenvalue weighted by Crippen LogP contribution is 2.27. The average Bonchev–Trinajstić information content (AvgIpc) is 2.91. The van der Waals surface area contributed by atoms with Crippen molar-refractivity contribution in [3.8, 4) is 5.82 Å². The van der Waals surface area contributed by atoms with Gasteiger partial charge in [0.2, 0.25) is 11.8 Å². The molecule has 0 saturated carbocycles. The molecule has 0 amide bonds. The summed E-state index contributed by atoms with van der Waals surface area (Å²) in [6.45, 7) is 2.57. The van der Waals surface area contributed by atoms with Crippen LogP contribution in [0.4, 0.5) is 11.6 Å². The lowest BCUT2D eigenvalue weighted by atomic mass is 10.0. The van der Waals surface area contributed by atoms with Gasteiger partial charge in [-0.1, -0.05) is 0 Å².